The highest BCUT2D eigenvalue weighted by atomic mass is 16.4. The number of hydrogen-bond acceptors (Lipinski definition) is 4. The molecule has 0 radical (unpaired) electrons. The minimum Gasteiger partial charge on any atom is -0.481 e. The minimum atomic E-state index is -0.822. The Labute approximate surface area is 277 Å². The zero-order chi connectivity index (χ0) is 34.6. The summed E-state index contributed by atoms with van der Waals surface area (Å²) >= 11 is 0. The van der Waals surface area contributed by atoms with Gasteiger partial charge in [0.1, 0.15) is 5.92 Å². The average molecular weight is 645 g/mol. The van der Waals surface area contributed by atoms with Crippen LogP contribution in [0.4, 0.5) is 0 Å². The Hall–Kier alpha value is -4.46. The van der Waals surface area contributed by atoms with E-state index in [0.29, 0.717) is 6.42 Å². The van der Waals surface area contributed by atoms with E-state index in [2.05, 4.69) is 0 Å². The Balaban J connectivity index is 0.000000178. The van der Waals surface area contributed by atoms with Crippen LogP contribution in [0.5, 0.6) is 0 Å². The molecule has 0 saturated heterocycles. The van der Waals surface area contributed by atoms with E-state index in [0.717, 1.165) is 34.4 Å². The summed E-state index contributed by atoms with van der Waals surface area (Å²) in [7, 11) is 0. The van der Waals surface area contributed by atoms with Crippen LogP contribution in [0.2, 0.25) is 0 Å². The van der Waals surface area contributed by atoms with Crippen molar-refractivity contribution < 1.29 is 39.6 Å². The molecule has 47 heavy (non-hydrogen) atoms. The number of benzene rings is 3. The van der Waals surface area contributed by atoms with Crippen LogP contribution in [0, 0.1) is 28.6 Å². The number of carboxylic acid groups (broad SMARTS) is 4. The summed E-state index contributed by atoms with van der Waals surface area (Å²) in [6.07, 6.45) is 8.40. The fourth-order valence-electron chi connectivity index (χ4n) is 7.37. The number of hydrogen-bond donors (Lipinski definition) is 4. The molecule has 3 aromatic rings. The van der Waals surface area contributed by atoms with Gasteiger partial charge in [-0.15, -0.1) is 0 Å². The van der Waals surface area contributed by atoms with Gasteiger partial charge in [0.15, 0.2) is 0 Å². The molecule has 4 aliphatic rings. The van der Waals surface area contributed by atoms with Gasteiger partial charge < -0.3 is 20.4 Å². The molecule has 4 aliphatic carbocycles. The molecule has 8 heteroatoms. The highest BCUT2D eigenvalue weighted by Gasteiger charge is 2.51. The van der Waals surface area contributed by atoms with E-state index in [4.69, 9.17) is 15.3 Å². The van der Waals surface area contributed by atoms with Crippen LogP contribution in [0.3, 0.4) is 0 Å². The Morgan fingerprint density at radius 3 is 1.30 bits per heavy atom. The zero-order valence-corrected chi connectivity index (χ0v) is 27.5. The van der Waals surface area contributed by atoms with Crippen LogP contribution in [-0.2, 0) is 25.6 Å². The maximum atomic E-state index is 11.3. The summed E-state index contributed by atoms with van der Waals surface area (Å²) in [6.45, 7) is 4.99. The lowest BCUT2D eigenvalue weighted by Crippen LogP contribution is -2.46. The molecule has 4 bridgehead atoms. The first-order valence-corrected chi connectivity index (χ1v) is 16.2. The normalized spacial score (nSPS) is 21.9. The molecular formula is C39H48O8. The van der Waals surface area contributed by atoms with Crippen molar-refractivity contribution in [3.05, 3.63) is 108 Å². The SMILES string of the molecule is CC(C)(C)C(=O)O.O=C(O)C(c1ccccc1)c1ccccc1.O=C(O)CC12CC3CC(CC(C3)C1)C2.O=C(O)Cc1ccccc1. The molecule has 0 heterocycles. The molecule has 3 aromatic carbocycles. The topological polar surface area (TPSA) is 149 Å². The number of carbonyl (C=O) groups is 4. The third kappa shape index (κ3) is 12.0. The molecule has 8 nitrogen and oxygen atoms in total. The zero-order valence-electron chi connectivity index (χ0n) is 27.5. The van der Waals surface area contributed by atoms with Gasteiger partial charge in [0.2, 0.25) is 0 Å². The predicted molar refractivity (Wildman–Crippen MR) is 180 cm³/mol. The van der Waals surface area contributed by atoms with Crippen LogP contribution >= 0.6 is 0 Å². The molecule has 4 fully saturated rings. The van der Waals surface area contributed by atoms with E-state index in [9.17, 15) is 24.3 Å². The summed E-state index contributed by atoms with van der Waals surface area (Å²) < 4.78 is 0. The molecule has 7 rings (SSSR count). The Bertz CT molecular complexity index is 1370. The van der Waals surface area contributed by atoms with E-state index in [1.54, 1.807) is 32.9 Å². The lowest BCUT2D eigenvalue weighted by molar-refractivity contribution is -0.146. The third-order valence-electron chi connectivity index (χ3n) is 9.04. The van der Waals surface area contributed by atoms with Crippen molar-refractivity contribution in [2.24, 2.45) is 28.6 Å². The molecule has 252 valence electrons. The van der Waals surface area contributed by atoms with E-state index < -0.39 is 35.2 Å². The molecule has 4 saturated carbocycles. The Morgan fingerprint density at radius 2 is 1.00 bits per heavy atom. The van der Waals surface area contributed by atoms with E-state index >= 15 is 0 Å². The van der Waals surface area contributed by atoms with Crippen LogP contribution < -0.4 is 0 Å². The summed E-state index contributed by atoms with van der Waals surface area (Å²) in [6, 6.07) is 27.7. The van der Waals surface area contributed by atoms with Crippen LogP contribution in [0.1, 0.15) is 88.3 Å². The van der Waals surface area contributed by atoms with E-state index in [1.807, 2.05) is 78.9 Å². The van der Waals surface area contributed by atoms with Gasteiger partial charge in [0.25, 0.3) is 0 Å². The number of rotatable bonds is 7. The van der Waals surface area contributed by atoms with Crippen molar-refractivity contribution in [3.63, 3.8) is 0 Å². The highest BCUT2D eigenvalue weighted by Crippen LogP contribution is 2.61. The number of aliphatic carboxylic acids is 4. The molecule has 0 aliphatic heterocycles. The first-order valence-electron chi connectivity index (χ1n) is 16.2. The molecule has 0 aromatic heterocycles. The summed E-state index contributed by atoms with van der Waals surface area (Å²) in [4.78, 5) is 42.4. The first kappa shape index (κ1) is 37.0. The standard InChI is InChI=1S/C14H12O2.C12H18O2.C8H8O2.C5H10O2/c15-14(16)13(11-7-3-1-4-8-11)12-9-5-2-6-10-12;13-11(14)7-12-4-8-1-9(5-12)3-10(2-8)6-12;9-8(10)6-7-4-2-1-3-5-7;1-5(2,3)4(6)7/h1-10,13H,(H,15,16);8-10H,1-7H2,(H,13,14);1-5H,6H2,(H,9,10);1-3H3,(H,6,7). The molecule has 0 atom stereocenters. The fourth-order valence-corrected chi connectivity index (χ4v) is 7.37. The molecule has 0 unspecified atom stereocenters. The Kier molecular flexibility index (Phi) is 13.3. The highest BCUT2D eigenvalue weighted by molar-refractivity contribution is 5.80. The van der Waals surface area contributed by atoms with Gasteiger partial charge in [-0.1, -0.05) is 91.0 Å². The second-order valence-corrected chi connectivity index (χ2v) is 14.2. The van der Waals surface area contributed by atoms with Crippen molar-refractivity contribution in [2.75, 3.05) is 0 Å². The molecule has 0 spiro atoms. The van der Waals surface area contributed by atoms with Gasteiger partial charge in [0, 0.05) is 0 Å². The van der Waals surface area contributed by atoms with Gasteiger partial charge in [0.05, 0.1) is 18.3 Å². The third-order valence-corrected chi connectivity index (χ3v) is 9.04. The van der Waals surface area contributed by atoms with Gasteiger partial charge in [-0.05, 0) is 99.2 Å². The maximum absolute atomic E-state index is 11.3. The minimum absolute atomic E-state index is 0.112. The Morgan fingerprint density at radius 1 is 0.638 bits per heavy atom. The van der Waals surface area contributed by atoms with Crippen LogP contribution in [-0.4, -0.2) is 44.3 Å². The number of carboxylic acids is 4. The lowest BCUT2D eigenvalue weighted by Gasteiger charge is -2.56. The maximum Gasteiger partial charge on any atom is 0.315 e. The molecule has 4 N–H and O–H groups in total. The first-order chi connectivity index (χ1) is 22.2. The van der Waals surface area contributed by atoms with Gasteiger partial charge >= 0.3 is 23.9 Å². The van der Waals surface area contributed by atoms with Crippen LogP contribution in [0.25, 0.3) is 0 Å². The predicted octanol–water partition coefficient (Wildman–Crippen LogP) is 8.01. The monoisotopic (exact) mass is 644 g/mol. The lowest BCUT2D eigenvalue weighted by atomic mass is 9.49. The van der Waals surface area contributed by atoms with Crippen molar-refractivity contribution in [2.45, 2.75) is 78.1 Å². The molecular weight excluding hydrogens is 596 g/mol. The summed E-state index contributed by atoms with van der Waals surface area (Å²) in [5.74, 6) is -0.896. The van der Waals surface area contributed by atoms with Gasteiger partial charge in [-0.25, -0.2) is 0 Å². The van der Waals surface area contributed by atoms with Crippen molar-refractivity contribution >= 4 is 23.9 Å². The average Bonchev–Trinajstić information content (AvgIpc) is 2.98. The summed E-state index contributed by atoms with van der Waals surface area (Å²) in [5.41, 5.74) is 2.10. The van der Waals surface area contributed by atoms with E-state index in [1.165, 1.54) is 38.5 Å². The van der Waals surface area contributed by atoms with Crippen molar-refractivity contribution in [1.82, 2.24) is 0 Å². The molecule has 0 amide bonds. The summed E-state index contributed by atoms with van der Waals surface area (Å²) in [5, 5.41) is 34.9. The van der Waals surface area contributed by atoms with E-state index in [-0.39, 0.29) is 11.8 Å². The largest absolute Gasteiger partial charge is 0.481 e. The fraction of sp³-hybridized carbons (Fsp3) is 0.436. The van der Waals surface area contributed by atoms with Crippen molar-refractivity contribution in [3.8, 4) is 0 Å². The quantitative estimate of drug-likeness (QED) is 0.202. The second-order valence-electron chi connectivity index (χ2n) is 14.2. The second kappa shape index (κ2) is 16.9. The van der Waals surface area contributed by atoms with Crippen LogP contribution in [0.15, 0.2) is 91.0 Å². The smallest absolute Gasteiger partial charge is 0.315 e. The van der Waals surface area contributed by atoms with Gasteiger partial charge in [-0.3, -0.25) is 19.2 Å². The van der Waals surface area contributed by atoms with Gasteiger partial charge in [-0.2, -0.15) is 0 Å². The van der Waals surface area contributed by atoms with Crippen molar-refractivity contribution in [1.29, 1.82) is 0 Å².